The molecule has 0 aliphatic heterocycles. The van der Waals surface area contributed by atoms with Crippen molar-refractivity contribution in [1.82, 2.24) is 0 Å². The van der Waals surface area contributed by atoms with Crippen LogP contribution in [0.5, 0.6) is 0 Å². The number of Topliss-reactive ketones (excluding diaryl/α,β-unsaturated/α-hetero) is 1. The second kappa shape index (κ2) is 6.56. The van der Waals surface area contributed by atoms with Gasteiger partial charge in [0.1, 0.15) is 12.2 Å². The number of carbonyl (C=O) groups is 2. The van der Waals surface area contributed by atoms with Crippen LogP contribution in [0.1, 0.15) is 13.3 Å². The Kier molecular flexibility index (Phi) is 7.67. The van der Waals surface area contributed by atoms with Crippen LogP contribution in [0.15, 0.2) is 0 Å². The summed E-state index contributed by atoms with van der Waals surface area (Å²) in [7, 11) is 0. The maximum absolute atomic E-state index is 9.87. The molecule has 0 aliphatic carbocycles. The zero-order valence-corrected chi connectivity index (χ0v) is 4.87. The lowest BCUT2D eigenvalue weighted by Crippen LogP contribution is -2.00. The van der Waals surface area contributed by atoms with Crippen molar-refractivity contribution in [3.05, 3.63) is 0 Å². The largest absolute Gasteiger partial charge is 0.481 e. The summed E-state index contributed by atoms with van der Waals surface area (Å²) in [4.78, 5) is 19.5. The molecule has 0 heterocycles. The Morgan fingerprint density at radius 1 is 1.44 bits per heavy atom. The molecule has 0 radical (unpaired) electrons. The maximum Gasteiger partial charge on any atom is 0.310 e. The summed E-state index contributed by atoms with van der Waals surface area (Å²) in [6.07, 6.45) is -0.361. The van der Waals surface area contributed by atoms with Crippen molar-refractivity contribution in [2.75, 3.05) is 0 Å². The zero-order chi connectivity index (χ0) is 7.86. The normalized spacial score (nSPS) is 6.56. The van der Waals surface area contributed by atoms with Crippen LogP contribution in [-0.2, 0) is 9.59 Å². The lowest BCUT2D eigenvalue weighted by molar-refractivity contribution is -0.139. The standard InChI is InChI=1S/C4H6O3.N2/c1-3(5)2-4(6)7;1-2/h2H2,1H3,(H,6,7);. The molecular formula is C4H6N2O3. The molecule has 5 heteroatoms. The van der Waals surface area contributed by atoms with Crippen LogP contribution >= 0.6 is 0 Å². The molecular weight excluding hydrogens is 124 g/mol. The fourth-order valence-electron chi connectivity index (χ4n) is 0.213. The molecule has 0 fully saturated rings. The molecule has 0 amide bonds. The Balaban J connectivity index is 0. The number of rotatable bonds is 2. The summed E-state index contributed by atoms with van der Waals surface area (Å²) in [5.74, 6) is -1.37. The van der Waals surface area contributed by atoms with Gasteiger partial charge in [0.05, 0.1) is 0 Å². The van der Waals surface area contributed by atoms with Crippen LogP contribution in [0.2, 0.25) is 0 Å². The van der Waals surface area contributed by atoms with Crippen LogP contribution in [0.3, 0.4) is 0 Å². The van der Waals surface area contributed by atoms with E-state index in [0.29, 0.717) is 0 Å². The minimum Gasteiger partial charge on any atom is -0.481 e. The number of carboxylic acid groups (broad SMARTS) is 1. The molecule has 0 bridgehead atoms. The molecule has 0 rings (SSSR count). The summed E-state index contributed by atoms with van der Waals surface area (Å²) >= 11 is 0. The molecule has 0 saturated carbocycles. The van der Waals surface area contributed by atoms with Gasteiger partial charge in [-0.05, 0) is 6.92 Å². The first-order chi connectivity index (χ1) is 4.13. The molecule has 0 saturated heterocycles. The van der Waals surface area contributed by atoms with Gasteiger partial charge < -0.3 is 5.11 Å². The van der Waals surface area contributed by atoms with Gasteiger partial charge in [-0.25, -0.2) is 0 Å². The number of carbonyl (C=O) groups excluding carboxylic acids is 1. The fraction of sp³-hybridized carbons (Fsp3) is 0.500. The van der Waals surface area contributed by atoms with Crippen molar-refractivity contribution in [3.8, 4) is 0 Å². The Morgan fingerprint density at radius 2 is 1.78 bits per heavy atom. The third-order valence-electron chi connectivity index (χ3n) is 0.400. The van der Waals surface area contributed by atoms with Crippen molar-refractivity contribution >= 4 is 11.8 Å². The number of nitrogens with zero attached hydrogens (tertiary/aromatic N) is 2. The van der Waals surface area contributed by atoms with Crippen LogP contribution in [-0.4, -0.2) is 16.9 Å². The average Bonchev–Trinajstić information content (AvgIpc) is 1.68. The van der Waals surface area contributed by atoms with E-state index in [-0.39, 0.29) is 12.2 Å². The summed E-state index contributed by atoms with van der Waals surface area (Å²) in [5, 5.41) is 19.9. The van der Waals surface area contributed by atoms with Crippen molar-refractivity contribution in [2.24, 2.45) is 0 Å². The molecule has 0 aliphatic rings. The lowest BCUT2D eigenvalue weighted by atomic mass is 10.3. The predicted octanol–water partition coefficient (Wildman–Crippen LogP) is 0.0803. The first kappa shape index (κ1) is 10.5. The maximum atomic E-state index is 9.87. The predicted molar refractivity (Wildman–Crippen MR) is 26.4 cm³/mol. The second-order valence-corrected chi connectivity index (χ2v) is 1.27. The van der Waals surface area contributed by atoms with Crippen LogP contribution in [0, 0.1) is 10.8 Å². The molecule has 0 unspecified atom stereocenters. The number of carboxylic acids is 1. The third-order valence-corrected chi connectivity index (χ3v) is 0.400. The highest BCUT2D eigenvalue weighted by Crippen LogP contribution is 1.77. The minimum absolute atomic E-state index is 0.312. The van der Waals surface area contributed by atoms with E-state index in [9.17, 15) is 9.59 Å². The van der Waals surface area contributed by atoms with E-state index < -0.39 is 5.97 Å². The molecule has 50 valence electrons. The van der Waals surface area contributed by atoms with Gasteiger partial charge in [0, 0.05) is 10.8 Å². The van der Waals surface area contributed by atoms with E-state index in [1.807, 2.05) is 0 Å². The summed E-state index contributed by atoms with van der Waals surface area (Å²) in [5.41, 5.74) is 0. The number of hydrogen-bond donors (Lipinski definition) is 1. The van der Waals surface area contributed by atoms with Crippen molar-refractivity contribution in [3.63, 3.8) is 0 Å². The molecule has 0 spiro atoms. The number of hydrogen-bond acceptors (Lipinski definition) is 4. The summed E-state index contributed by atoms with van der Waals surface area (Å²) in [6, 6.07) is 0. The summed E-state index contributed by atoms with van der Waals surface area (Å²) in [6.45, 7) is 1.24. The van der Waals surface area contributed by atoms with E-state index in [1.54, 1.807) is 0 Å². The van der Waals surface area contributed by atoms with E-state index in [0.717, 1.165) is 0 Å². The third kappa shape index (κ3) is 20.8. The molecule has 9 heavy (non-hydrogen) atoms. The van der Waals surface area contributed by atoms with Gasteiger partial charge in [0.25, 0.3) is 0 Å². The van der Waals surface area contributed by atoms with Crippen molar-refractivity contribution in [2.45, 2.75) is 13.3 Å². The molecule has 0 aromatic carbocycles. The topological polar surface area (TPSA) is 102 Å². The minimum atomic E-state index is -1.06. The van der Waals surface area contributed by atoms with Gasteiger partial charge in [0.2, 0.25) is 0 Å². The highest BCUT2D eigenvalue weighted by Gasteiger charge is 1.98. The van der Waals surface area contributed by atoms with Crippen LogP contribution in [0.25, 0.3) is 0 Å². The monoisotopic (exact) mass is 130 g/mol. The van der Waals surface area contributed by atoms with Gasteiger partial charge in [-0.3, -0.25) is 9.59 Å². The average molecular weight is 130 g/mol. The van der Waals surface area contributed by atoms with E-state index >= 15 is 0 Å². The molecule has 0 atom stereocenters. The smallest absolute Gasteiger partial charge is 0.310 e. The quantitative estimate of drug-likeness (QED) is 0.421. The van der Waals surface area contributed by atoms with E-state index in [1.165, 1.54) is 6.92 Å². The molecule has 0 aromatic rings. The molecule has 0 aromatic heterocycles. The van der Waals surface area contributed by atoms with E-state index in [4.69, 9.17) is 15.9 Å². The highest BCUT2D eigenvalue weighted by atomic mass is 16.4. The van der Waals surface area contributed by atoms with Gasteiger partial charge >= 0.3 is 5.97 Å². The van der Waals surface area contributed by atoms with Crippen LogP contribution in [0.4, 0.5) is 0 Å². The lowest BCUT2D eigenvalue weighted by Gasteiger charge is -1.80. The van der Waals surface area contributed by atoms with Gasteiger partial charge in [-0.15, -0.1) is 0 Å². The first-order valence-electron chi connectivity index (χ1n) is 2.04. The van der Waals surface area contributed by atoms with Gasteiger partial charge in [0.15, 0.2) is 0 Å². The Bertz CT molecular complexity index is 117. The first-order valence-corrected chi connectivity index (χ1v) is 2.04. The number of aliphatic carboxylic acids is 1. The fourth-order valence-corrected chi connectivity index (χ4v) is 0.213. The Labute approximate surface area is 51.7 Å². The molecule has 5 nitrogen and oxygen atoms in total. The van der Waals surface area contributed by atoms with Crippen molar-refractivity contribution in [1.29, 1.82) is 10.8 Å². The Morgan fingerprint density at radius 3 is 1.78 bits per heavy atom. The zero-order valence-electron chi connectivity index (χ0n) is 4.87. The van der Waals surface area contributed by atoms with Gasteiger partial charge in [-0.2, -0.15) is 0 Å². The highest BCUT2D eigenvalue weighted by molar-refractivity contribution is 5.93. The second-order valence-electron chi connectivity index (χ2n) is 1.27. The number of ketones is 1. The Hall–Kier alpha value is -1.44. The van der Waals surface area contributed by atoms with E-state index in [2.05, 4.69) is 0 Å². The van der Waals surface area contributed by atoms with Crippen molar-refractivity contribution < 1.29 is 14.7 Å². The summed E-state index contributed by atoms with van der Waals surface area (Å²) < 4.78 is 0. The molecule has 1 N–H and O–H groups in total. The SMILES string of the molecule is CC(=O)CC(=O)O.N#N. The van der Waals surface area contributed by atoms with Gasteiger partial charge in [-0.1, -0.05) is 0 Å². The van der Waals surface area contributed by atoms with Crippen LogP contribution < -0.4 is 0 Å².